The van der Waals surface area contributed by atoms with Crippen molar-refractivity contribution >= 4 is 68.4 Å². The zero-order chi connectivity index (χ0) is 87.0. The number of ether oxygens (including phenoxy) is 6. The van der Waals surface area contributed by atoms with Crippen LogP contribution in [0.3, 0.4) is 0 Å². The number of methoxy groups -OCH3 is 2. The topological polar surface area (TPSA) is 255 Å². The number of nitrogens with zero attached hydrogens (tertiary/aromatic N) is 8. The molecule has 622 valence electrons. The summed E-state index contributed by atoms with van der Waals surface area (Å²) in [5.74, 6) is -2.56. The lowest BCUT2D eigenvalue weighted by molar-refractivity contribution is 0.0637. The SMILES string of the molecule is CCOC(=O)Oc1c2c(c(OC(c3ccccc3)c3ccccc3)c3ncccc13)C(=O)N(CCc1ccc(F)cc1)C2=O.COc1c2c(c(O)c3ncccc13)C(=O)N(CCc1ccc(F)cc1)C2.COc1c2c(c(OC(c3ccccc3)c3ccccc3)c3ncccc13)C(=O)N(CCc1ccc(F)cc1)C2=O.N#[N+]C(c1ccccc1)c1ccccc1. The fourth-order valence-electron chi connectivity index (χ4n) is 15.5. The number of hydrogen-bond donors (Lipinski definition) is 1. The number of hydrogen-bond acceptors (Lipinski definition) is 17. The van der Waals surface area contributed by atoms with Gasteiger partial charge in [-0.15, -0.1) is 0 Å². The minimum absolute atomic E-state index is 0.000832. The first-order chi connectivity index (χ1) is 61.0. The maximum Gasteiger partial charge on any atom is 0.513 e. The molecule has 0 radical (unpaired) electrons. The number of amides is 5. The van der Waals surface area contributed by atoms with Gasteiger partial charge in [0, 0.05) is 71.1 Å². The molecule has 3 aromatic heterocycles. The first-order valence-corrected chi connectivity index (χ1v) is 40.2. The number of phenolic OH excluding ortho intramolecular Hbond substituents is 1. The van der Waals surface area contributed by atoms with E-state index in [-0.39, 0.29) is 118 Å². The van der Waals surface area contributed by atoms with Gasteiger partial charge >= 0.3 is 12.2 Å². The monoisotopic (exact) mass is 1670 g/mol. The molecule has 21 nitrogen and oxygen atoms in total. The maximum atomic E-state index is 14.1. The number of phenols is 1. The van der Waals surface area contributed by atoms with Crippen molar-refractivity contribution in [2.45, 2.75) is 51.0 Å². The van der Waals surface area contributed by atoms with Gasteiger partial charge in [0.25, 0.3) is 29.5 Å². The van der Waals surface area contributed by atoms with Crippen molar-refractivity contribution in [1.82, 2.24) is 29.7 Å². The molecular formula is C101H80F3N8O13+. The maximum absolute atomic E-state index is 14.1. The fraction of sp³-hybridized carbons (Fsp3) is 0.139. The van der Waals surface area contributed by atoms with Crippen LogP contribution >= 0.6 is 0 Å². The quantitative estimate of drug-likeness (QED) is 0.0270. The van der Waals surface area contributed by atoms with Crippen molar-refractivity contribution in [1.29, 1.82) is 5.39 Å². The van der Waals surface area contributed by atoms with Crippen LogP contribution in [0.5, 0.6) is 34.5 Å². The molecular weight excluding hydrogens is 1590 g/mol. The van der Waals surface area contributed by atoms with Gasteiger partial charge in [0.15, 0.2) is 23.0 Å². The lowest BCUT2D eigenvalue weighted by atomic mass is 9.99. The molecule has 3 aliphatic rings. The molecule has 18 rings (SSSR count). The van der Waals surface area contributed by atoms with Crippen molar-refractivity contribution in [3.8, 4) is 34.5 Å². The molecule has 0 bridgehead atoms. The van der Waals surface area contributed by atoms with Crippen LogP contribution in [0, 0.1) is 22.8 Å². The third-order valence-corrected chi connectivity index (χ3v) is 21.5. The summed E-state index contributed by atoms with van der Waals surface area (Å²) >= 11 is 0. The average molecular weight is 1670 g/mol. The Morgan fingerprint density at radius 2 is 0.728 bits per heavy atom. The van der Waals surface area contributed by atoms with Crippen LogP contribution in [0.1, 0.15) is 133 Å². The number of halogens is 3. The molecule has 3 aliphatic heterocycles. The molecule has 12 aromatic carbocycles. The Bertz CT molecular complexity index is 6390. The summed E-state index contributed by atoms with van der Waals surface area (Å²) in [5.41, 5.74) is 9.93. The second kappa shape index (κ2) is 38.7. The van der Waals surface area contributed by atoms with E-state index in [0.717, 1.165) is 55.0 Å². The molecule has 0 atom stereocenters. The largest absolute Gasteiger partial charge is 0.513 e. The highest BCUT2D eigenvalue weighted by Gasteiger charge is 2.46. The summed E-state index contributed by atoms with van der Waals surface area (Å²) < 4.78 is 75.2. The number of carbonyl (C=O) groups excluding carboxylic acids is 6. The van der Waals surface area contributed by atoms with Crippen molar-refractivity contribution < 1.29 is 75.5 Å². The number of aromatic nitrogens is 3. The molecule has 125 heavy (non-hydrogen) atoms. The second-order valence-electron chi connectivity index (χ2n) is 29.1. The predicted molar refractivity (Wildman–Crippen MR) is 464 cm³/mol. The van der Waals surface area contributed by atoms with Gasteiger partial charge in [-0.3, -0.25) is 48.7 Å². The average Bonchev–Trinajstić information content (AvgIpc) is 1.60. The highest BCUT2D eigenvalue weighted by Crippen LogP contribution is 2.50. The molecule has 15 aromatic rings. The van der Waals surface area contributed by atoms with Gasteiger partial charge < -0.3 is 38.4 Å². The molecule has 0 unspecified atom stereocenters. The Hall–Kier alpha value is -15.9. The first-order valence-electron chi connectivity index (χ1n) is 40.2. The van der Waals surface area contributed by atoms with E-state index in [2.05, 4.69) is 19.9 Å². The molecule has 24 heteroatoms. The van der Waals surface area contributed by atoms with Crippen LogP contribution in [-0.2, 0) is 30.5 Å². The highest BCUT2D eigenvalue weighted by molar-refractivity contribution is 6.28. The van der Waals surface area contributed by atoms with Gasteiger partial charge in [0.1, 0.15) is 79.4 Å². The molecule has 0 saturated heterocycles. The Labute approximate surface area is 716 Å². The van der Waals surface area contributed by atoms with Crippen LogP contribution < -0.4 is 23.7 Å². The van der Waals surface area contributed by atoms with Gasteiger partial charge in [-0.1, -0.05) is 218 Å². The minimum atomic E-state index is -1.02. The summed E-state index contributed by atoms with van der Waals surface area (Å²) in [7, 11) is 3.02. The number of aromatic hydroxyl groups is 1. The number of pyridine rings is 3. The van der Waals surface area contributed by atoms with E-state index in [1.807, 2.05) is 188 Å². The van der Waals surface area contributed by atoms with Crippen molar-refractivity contribution in [3.05, 3.63) is 416 Å². The van der Waals surface area contributed by atoms with E-state index in [9.17, 15) is 47.0 Å². The first kappa shape index (κ1) is 84.1. The van der Waals surface area contributed by atoms with E-state index < -0.39 is 42.0 Å². The van der Waals surface area contributed by atoms with Gasteiger partial charge in [-0.25, -0.2) is 18.0 Å². The van der Waals surface area contributed by atoms with Crippen molar-refractivity contribution in [2.24, 2.45) is 0 Å². The molecule has 5 amide bonds. The number of imide groups is 2. The van der Waals surface area contributed by atoms with E-state index in [0.29, 0.717) is 64.4 Å². The van der Waals surface area contributed by atoms with Gasteiger partial charge in [0.2, 0.25) is 5.39 Å². The summed E-state index contributed by atoms with van der Waals surface area (Å²) in [5, 5.41) is 21.2. The van der Waals surface area contributed by atoms with Crippen LogP contribution in [0.2, 0.25) is 0 Å². The molecule has 0 fully saturated rings. The van der Waals surface area contributed by atoms with Crippen molar-refractivity contribution in [2.75, 3.05) is 40.5 Å². The third-order valence-electron chi connectivity index (χ3n) is 21.5. The highest BCUT2D eigenvalue weighted by atomic mass is 19.1. The van der Waals surface area contributed by atoms with Gasteiger partial charge in [0.05, 0.1) is 38.5 Å². The number of diazo groups is 1. The normalized spacial score (nSPS) is 12.4. The van der Waals surface area contributed by atoms with Crippen LogP contribution in [0.25, 0.3) is 37.7 Å². The van der Waals surface area contributed by atoms with E-state index in [1.54, 1.807) is 98.1 Å². The molecule has 0 spiro atoms. The van der Waals surface area contributed by atoms with Gasteiger partial charge in [-0.05, 0) is 138 Å². The Morgan fingerprint density at radius 1 is 0.400 bits per heavy atom. The number of benzene rings is 12. The van der Waals surface area contributed by atoms with E-state index in [4.69, 9.17) is 33.8 Å². The molecule has 6 heterocycles. The molecule has 1 N–H and O–H groups in total. The Morgan fingerprint density at radius 3 is 1.09 bits per heavy atom. The lowest BCUT2D eigenvalue weighted by Crippen LogP contribution is -2.32. The minimum Gasteiger partial charge on any atom is -0.505 e. The van der Waals surface area contributed by atoms with Crippen LogP contribution in [0.15, 0.2) is 310 Å². The summed E-state index contributed by atoms with van der Waals surface area (Å²) in [6.45, 7) is 2.61. The number of carbonyl (C=O) groups is 6. The summed E-state index contributed by atoms with van der Waals surface area (Å²) in [6, 6.07) is 86.0. The Kier molecular flexibility index (Phi) is 26.0. The molecule has 0 saturated carbocycles. The summed E-state index contributed by atoms with van der Waals surface area (Å²) in [4.78, 5) is 102. The lowest BCUT2D eigenvalue weighted by Gasteiger charge is -2.23. The summed E-state index contributed by atoms with van der Waals surface area (Å²) in [6.07, 6.45) is 3.72. The zero-order valence-electron chi connectivity index (χ0n) is 67.9. The van der Waals surface area contributed by atoms with Gasteiger partial charge in [-0.2, -0.15) is 0 Å². The fourth-order valence-corrected chi connectivity index (χ4v) is 15.5. The predicted octanol–water partition coefficient (Wildman–Crippen LogP) is 20.2. The van der Waals surface area contributed by atoms with E-state index >= 15 is 0 Å². The number of rotatable bonds is 23. The smallest absolute Gasteiger partial charge is 0.505 e. The zero-order valence-corrected chi connectivity index (χ0v) is 67.9. The number of fused-ring (bicyclic) bond motifs is 6. The second-order valence-corrected chi connectivity index (χ2v) is 29.1. The Balaban J connectivity index is 0.000000137. The van der Waals surface area contributed by atoms with Crippen molar-refractivity contribution in [3.63, 3.8) is 0 Å². The third kappa shape index (κ3) is 18.1. The van der Waals surface area contributed by atoms with Crippen LogP contribution in [-0.4, -0.2) is 111 Å². The van der Waals surface area contributed by atoms with E-state index in [1.165, 1.54) is 54.6 Å². The van der Waals surface area contributed by atoms with Crippen LogP contribution in [0.4, 0.5) is 18.0 Å². The molecule has 0 aliphatic carbocycles. The standard InChI is InChI=1S/C35H27FN2O6.C33H25FN2O4.C20H17FN2O3.C13H11N2/c1-2-42-35(41)44-31-26-14-9-20-37-29(26)32(43-30(23-10-5-3-6-11-23)24-12-7-4-8-13-24)28-27(31)33(39)38(34(28)40)21-19-22-15-17-25(36)18-16-22;1-39-30-25-13-8-19-35-28(25)31(40-29(22-9-4-2-5-10-22)23-11-6-3-7-12-23)27-26(30)32(37)36(33(27)38)20-18-21-14-16-24(34)17-15-21;1-26-19-14-3-2-9-22-17(14)18(24)16-15(19)11-23(20(16)25)10-8-12-4-6-13(21)7-5-12;14-15-13(11-7-3-1-4-8-11)12-9-5-2-6-10-12/h3-18,20,30H,2,19,21H2,1H3;2-17,19,29H,18,20H2,1H3;2-7,9,24H,8,10-11H2,1H3;1-10,13H/q;;;+1.